The Balaban J connectivity index is 1.49. The first kappa shape index (κ1) is 16.3. The largest absolute Gasteiger partial charge is 0.353 e. The van der Waals surface area contributed by atoms with Crippen LogP contribution >= 0.6 is 11.8 Å². The summed E-state index contributed by atoms with van der Waals surface area (Å²) >= 11 is 1.59. The standard InChI is InChI=1S/C17H19FN6S/c1-25-17-14-15(21-22-17)19-11-20-16(14)24-8-6-23(7-9-24)10-12-4-2-3-5-13(12)18/h2-5,11H,6-10H2,1H3,(H,19,20,21,22). The van der Waals surface area contributed by atoms with Gasteiger partial charge in [0, 0.05) is 38.3 Å². The second kappa shape index (κ2) is 6.97. The Morgan fingerprint density at radius 1 is 1.16 bits per heavy atom. The number of thioether (sulfide) groups is 1. The predicted octanol–water partition coefficient (Wildman–Crippen LogP) is 2.54. The number of hydrogen-bond acceptors (Lipinski definition) is 6. The van der Waals surface area contributed by atoms with E-state index in [2.05, 4.69) is 30.0 Å². The van der Waals surface area contributed by atoms with Gasteiger partial charge in [-0.25, -0.2) is 14.4 Å². The van der Waals surface area contributed by atoms with Crippen molar-refractivity contribution in [2.24, 2.45) is 0 Å². The Bertz CT molecular complexity index is 874. The molecule has 1 aliphatic heterocycles. The zero-order chi connectivity index (χ0) is 17.2. The molecule has 0 radical (unpaired) electrons. The minimum Gasteiger partial charge on any atom is -0.353 e. The highest BCUT2D eigenvalue weighted by molar-refractivity contribution is 7.98. The van der Waals surface area contributed by atoms with E-state index in [0.29, 0.717) is 6.54 Å². The molecule has 0 aliphatic carbocycles. The third-order valence-corrected chi connectivity index (χ3v) is 5.20. The number of halogens is 1. The van der Waals surface area contributed by atoms with Gasteiger partial charge in [0.15, 0.2) is 5.65 Å². The van der Waals surface area contributed by atoms with E-state index in [-0.39, 0.29) is 5.82 Å². The maximum Gasteiger partial charge on any atom is 0.161 e. The Morgan fingerprint density at radius 2 is 1.96 bits per heavy atom. The molecule has 0 unspecified atom stereocenters. The summed E-state index contributed by atoms with van der Waals surface area (Å²) in [6.45, 7) is 4.07. The first-order valence-electron chi connectivity index (χ1n) is 8.20. The maximum absolute atomic E-state index is 13.8. The van der Waals surface area contributed by atoms with Crippen molar-refractivity contribution in [3.63, 3.8) is 0 Å². The van der Waals surface area contributed by atoms with Crippen LogP contribution in [0.25, 0.3) is 11.0 Å². The molecule has 1 saturated heterocycles. The summed E-state index contributed by atoms with van der Waals surface area (Å²) in [4.78, 5) is 13.3. The molecule has 0 saturated carbocycles. The second-order valence-electron chi connectivity index (χ2n) is 6.01. The van der Waals surface area contributed by atoms with Crippen LogP contribution in [0.2, 0.25) is 0 Å². The number of fused-ring (bicyclic) bond motifs is 1. The highest BCUT2D eigenvalue weighted by Crippen LogP contribution is 2.30. The molecule has 3 heterocycles. The molecule has 6 nitrogen and oxygen atoms in total. The van der Waals surface area contributed by atoms with Crippen LogP contribution in [-0.2, 0) is 6.54 Å². The molecule has 0 amide bonds. The van der Waals surface area contributed by atoms with E-state index >= 15 is 0 Å². The summed E-state index contributed by atoms with van der Waals surface area (Å²) in [5.74, 6) is 0.791. The number of aromatic nitrogens is 4. The summed E-state index contributed by atoms with van der Waals surface area (Å²) < 4.78 is 13.8. The molecule has 0 spiro atoms. The van der Waals surface area contributed by atoms with E-state index in [1.807, 2.05) is 18.4 Å². The van der Waals surface area contributed by atoms with Gasteiger partial charge in [0.25, 0.3) is 0 Å². The van der Waals surface area contributed by atoms with Gasteiger partial charge >= 0.3 is 0 Å². The fourth-order valence-electron chi connectivity index (χ4n) is 3.19. The van der Waals surface area contributed by atoms with Gasteiger partial charge < -0.3 is 4.90 Å². The highest BCUT2D eigenvalue weighted by Gasteiger charge is 2.22. The lowest BCUT2D eigenvalue weighted by Crippen LogP contribution is -2.46. The Kier molecular flexibility index (Phi) is 4.54. The Labute approximate surface area is 149 Å². The van der Waals surface area contributed by atoms with Gasteiger partial charge in [0.05, 0.1) is 5.39 Å². The summed E-state index contributed by atoms with van der Waals surface area (Å²) in [5, 5.41) is 9.17. The number of nitrogens with one attached hydrogen (secondary N) is 1. The van der Waals surface area contributed by atoms with Gasteiger partial charge in [-0.3, -0.25) is 10.00 Å². The summed E-state index contributed by atoms with van der Waals surface area (Å²) in [5.41, 5.74) is 1.52. The number of rotatable bonds is 4. The lowest BCUT2D eigenvalue weighted by atomic mass is 10.2. The van der Waals surface area contributed by atoms with Crippen LogP contribution in [0.4, 0.5) is 10.2 Å². The molecule has 1 fully saturated rings. The number of piperazine rings is 1. The SMILES string of the molecule is CSc1n[nH]c2ncnc(N3CCN(Cc4ccccc4F)CC3)c12. The molecular weight excluding hydrogens is 339 g/mol. The van der Waals surface area contributed by atoms with E-state index in [0.717, 1.165) is 53.6 Å². The van der Waals surface area contributed by atoms with E-state index in [1.54, 1.807) is 24.2 Å². The zero-order valence-electron chi connectivity index (χ0n) is 13.9. The topological polar surface area (TPSA) is 60.9 Å². The summed E-state index contributed by atoms with van der Waals surface area (Å²) in [7, 11) is 0. The monoisotopic (exact) mass is 358 g/mol. The fraction of sp³-hybridized carbons (Fsp3) is 0.353. The molecule has 0 atom stereocenters. The van der Waals surface area contributed by atoms with E-state index in [9.17, 15) is 4.39 Å². The van der Waals surface area contributed by atoms with Crippen LogP contribution in [0.1, 0.15) is 5.56 Å². The molecule has 1 aliphatic rings. The number of anilines is 1. The van der Waals surface area contributed by atoms with Crippen LogP contribution in [0, 0.1) is 5.82 Å². The maximum atomic E-state index is 13.8. The molecule has 130 valence electrons. The average molecular weight is 358 g/mol. The molecule has 1 N–H and O–H groups in total. The smallest absolute Gasteiger partial charge is 0.161 e. The second-order valence-corrected chi connectivity index (χ2v) is 6.80. The molecule has 8 heteroatoms. The van der Waals surface area contributed by atoms with Crippen molar-refractivity contribution in [2.45, 2.75) is 11.6 Å². The van der Waals surface area contributed by atoms with Gasteiger partial charge in [-0.1, -0.05) is 18.2 Å². The van der Waals surface area contributed by atoms with Crippen molar-refractivity contribution >= 4 is 28.6 Å². The summed E-state index contributed by atoms with van der Waals surface area (Å²) in [6.07, 6.45) is 3.57. The Morgan fingerprint density at radius 3 is 2.72 bits per heavy atom. The van der Waals surface area contributed by atoms with Crippen molar-refractivity contribution in [2.75, 3.05) is 37.3 Å². The third kappa shape index (κ3) is 3.19. The van der Waals surface area contributed by atoms with Crippen molar-refractivity contribution < 1.29 is 4.39 Å². The van der Waals surface area contributed by atoms with Crippen LogP contribution in [0.3, 0.4) is 0 Å². The summed E-state index contributed by atoms with van der Waals surface area (Å²) in [6, 6.07) is 6.98. The van der Waals surface area contributed by atoms with E-state index in [4.69, 9.17) is 0 Å². The highest BCUT2D eigenvalue weighted by atomic mass is 32.2. The molecule has 25 heavy (non-hydrogen) atoms. The van der Waals surface area contributed by atoms with Gasteiger partial charge in [0.2, 0.25) is 0 Å². The normalized spacial score (nSPS) is 15.8. The van der Waals surface area contributed by atoms with E-state index in [1.165, 1.54) is 6.07 Å². The van der Waals surface area contributed by atoms with Gasteiger partial charge in [-0.05, 0) is 12.3 Å². The van der Waals surface area contributed by atoms with Crippen LogP contribution in [0.5, 0.6) is 0 Å². The average Bonchev–Trinajstić information content (AvgIpc) is 3.08. The van der Waals surface area contributed by atoms with Gasteiger partial charge in [-0.15, -0.1) is 11.8 Å². The number of nitrogens with zero attached hydrogens (tertiary/aromatic N) is 5. The molecule has 1 aromatic carbocycles. The molecule has 2 aromatic heterocycles. The lowest BCUT2D eigenvalue weighted by Gasteiger charge is -2.35. The predicted molar refractivity (Wildman–Crippen MR) is 97.4 cm³/mol. The van der Waals surface area contributed by atoms with Crippen LogP contribution in [-0.4, -0.2) is 57.5 Å². The van der Waals surface area contributed by atoms with Crippen molar-refractivity contribution in [1.82, 2.24) is 25.1 Å². The molecule has 0 bridgehead atoms. The first-order chi connectivity index (χ1) is 12.3. The van der Waals surface area contributed by atoms with Gasteiger partial charge in [0.1, 0.15) is 23.0 Å². The minimum absolute atomic E-state index is 0.134. The van der Waals surface area contributed by atoms with E-state index < -0.39 is 0 Å². The first-order valence-corrected chi connectivity index (χ1v) is 9.42. The molecular formula is C17H19FN6S. The van der Waals surface area contributed by atoms with Crippen LogP contribution in [0.15, 0.2) is 35.6 Å². The van der Waals surface area contributed by atoms with Crippen molar-refractivity contribution in [3.8, 4) is 0 Å². The number of hydrogen-bond donors (Lipinski definition) is 1. The number of benzene rings is 1. The van der Waals surface area contributed by atoms with Crippen LogP contribution < -0.4 is 4.90 Å². The zero-order valence-corrected chi connectivity index (χ0v) is 14.8. The molecule has 3 aromatic rings. The third-order valence-electron chi connectivity index (χ3n) is 4.52. The quantitative estimate of drug-likeness (QED) is 0.723. The Hall–Kier alpha value is -2.19. The minimum atomic E-state index is -0.134. The lowest BCUT2D eigenvalue weighted by molar-refractivity contribution is 0.246. The van der Waals surface area contributed by atoms with Crippen molar-refractivity contribution in [3.05, 3.63) is 42.0 Å². The molecule has 4 rings (SSSR count). The fourth-order valence-corrected chi connectivity index (χ4v) is 3.72. The number of H-pyrrole nitrogens is 1. The van der Waals surface area contributed by atoms with Gasteiger partial charge in [-0.2, -0.15) is 5.10 Å². The number of aromatic amines is 1. The van der Waals surface area contributed by atoms with Crippen molar-refractivity contribution in [1.29, 1.82) is 0 Å².